The highest BCUT2D eigenvalue weighted by atomic mass is 32.1. The molecule has 0 bridgehead atoms. The Morgan fingerprint density at radius 3 is 2.62 bits per heavy atom. The molecule has 5 rings (SSSR count). The van der Waals surface area contributed by atoms with E-state index in [1.807, 2.05) is 41.5 Å². The van der Waals surface area contributed by atoms with Gasteiger partial charge in [-0.15, -0.1) is 16.4 Å². The number of fused-ring (bicyclic) bond motifs is 1. The summed E-state index contributed by atoms with van der Waals surface area (Å²) in [6, 6.07) is 12.6. The van der Waals surface area contributed by atoms with Gasteiger partial charge in [0.15, 0.2) is 0 Å². The summed E-state index contributed by atoms with van der Waals surface area (Å²) in [6.45, 7) is 3.59. The number of nitrogens with one attached hydrogen (secondary N) is 1. The number of carbonyl (C=O) groups is 1. The SMILES string of the molecule is Cc1ccc(-c2csc3nc(NC(=O)c4ccc(N5CCCC5)c([N+](=O)[O-])c4)nn23)cc1. The van der Waals surface area contributed by atoms with Crippen LogP contribution < -0.4 is 10.2 Å². The molecule has 162 valence electrons. The monoisotopic (exact) mass is 448 g/mol. The Morgan fingerprint density at radius 1 is 1.16 bits per heavy atom. The number of nitro groups is 1. The molecule has 0 atom stereocenters. The van der Waals surface area contributed by atoms with Gasteiger partial charge in [0.05, 0.1) is 10.6 Å². The Labute approximate surface area is 187 Å². The first kappa shape index (κ1) is 20.1. The van der Waals surface area contributed by atoms with Crippen molar-refractivity contribution < 1.29 is 9.72 Å². The smallest absolute Gasteiger partial charge is 0.293 e. The van der Waals surface area contributed by atoms with Crippen LogP contribution in [-0.4, -0.2) is 38.5 Å². The lowest BCUT2D eigenvalue weighted by molar-refractivity contribution is -0.384. The van der Waals surface area contributed by atoms with Gasteiger partial charge in [-0.3, -0.25) is 20.2 Å². The number of nitrogens with zero attached hydrogens (tertiary/aromatic N) is 5. The number of carbonyl (C=O) groups excluding carboxylic acids is 1. The van der Waals surface area contributed by atoms with E-state index in [1.54, 1.807) is 16.6 Å². The van der Waals surface area contributed by atoms with Crippen LogP contribution in [0, 0.1) is 17.0 Å². The molecule has 3 heterocycles. The summed E-state index contributed by atoms with van der Waals surface area (Å²) in [5.41, 5.74) is 3.71. The van der Waals surface area contributed by atoms with Crippen LogP contribution in [0.25, 0.3) is 16.2 Å². The van der Waals surface area contributed by atoms with Gasteiger partial charge in [-0.05, 0) is 31.9 Å². The van der Waals surface area contributed by atoms with Crippen molar-refractivity contribution in [2.45, 2.75) is 19.8 Å². The maximum Gasteiger partial charge on any atom is 0.293 e. The molecule has 0 unspecified atom stereocenters. The van der Waals surface area contributed by atoms with Crippen molar-refractivity contribution in [1.29, 1.82) is 0 Å². The first-order valence-electron chi connectivity index (χ1n) is 10.3. The van der Waals surface area contributed by atoms with Crippen molar-refractivity contribution in [3.8, 4) is 11.3 Å². The highest BCUT2D eigenvalue weighted by molar-refractivity contribution is 7.15. The van der Waals surface area contributed by atoms with Crippen molar-refractivity contribution >= 4 is 39.5 Å². The molecule has 4 aromatic rings. The van der Waals surface area contributed by atoms with Crippen molar-refractivity contribution in [1.82, 2.24) is 14.6 Å². The Kier molecular flexibility index (Phi) is 5.06. The molecule has 0 aliphatic carbocycles. The van der Waals surface area contributed by atoms with Gasteiger partial charge in [0, 0.05) is 35.7 Å². The Hall–Kier alpha value is -3.79. The number of anilines is 2. The summed E-state index contributed by atoms with van der Waals surface area (Å²) in [5.74, 6) is -0.335. The summed E-state index contributed by atoms with van der Waals surface area (Å²) in [7, 11) is 0. The van der Waals surface area contributed by atoms with Gasteiger partial charge in [0.1, 0.15) is 5.69 Å². The van der Waals surface area contributed by atoms with Crippen LogP contribution in [0.1, 0.15) is 28.8 Å². The Morgan fingerprint density at radius 2 is 1.91 bits per heavy atom. The van der Waals surface area contributed by atoms with Crippen molar-refractivity contribution in [3.05, 3.63) is 69.1 Å². The van der Waals surface area contributed by atoms with Gasteiger partial charge in [0.25, 0.3) is 17.5 Å². The predicted molar refractivity (Wildman–Crippen MR) is 124 cm³/mol. The summed E-state index contributed by atoms with van der Waals surface area (Å²) in [5, 5.41) is 20.7. The number of amides is 1. The minimum absolute atomic E-state index is 0.0695. The third kappa shape index (κ3) is 3.69. The van der Waals surface area contributed by atoms with Crippen molar-refractivity contribution in [2.24, 2.45) is 0 Å². The lowest BCUT2D eigenvalue weighted by Gasteiger charge is -2.17. The number of thiazole rings is 1. The molecule has 10 heteroatoms. The first-order chi connectivity index (χ1) is 15.5. The number of rotatable bonds is 5. The minimum atomic E-state index is -0.490. The van der Waals surface area contributed by atoms with Gasteiger partial charge in [-0.2, -0.15) is 4.98 Å². The molecule has 2 aromatic heterocycles. The number of benzene rings is 2. The summed E-state index contributed by atoms with van der Waals surface area (Å²) < 4.78 is 1.68. The van der Waals surface area contributed by atoms with E-state index >= 15 is 0 Å². The molecule has 1 aliphatic rings. The second kappa shape index (κ2) is 8.04. The molecule has 1 fully saturated rings. The minimum Gasteiger partial charge on any atom is -0.366 e. The maximum atomic E-state index is 12.8. The average Bonchev–Trinajstić information content (AvgIpc) is 3.52. The van der Waals surface area contributed by atoms with Gasteiger partial charge in [-0.1, -0.05) is 29.8 Å². The van der Waals surface area contributed by atoms with E-state index < -0.39 is 10.8 Å². The molecule has 1 amide bonds. The second-order valence-corrected chi connectivity index (χ2v) is 8.56. The molecular formula is C22H20N6O3S. The maximum absolute atomic E-state index is 12.8. The summed E-state index contributed by atoms with van der Waals surface area (Å²) in [4.78, 5) is 31.0. The van der Waals surface area contributed by atoms with Crippen molar-refractivity contribution in [3.63, 3.8) is 0 Å². The molecule has 1 N–H and O–H groups in total. The fourth-order valence-electron chi connectivity index (χ4n) is 3.87. The van der Waals surface area contributed by atoms with Gasteiger partial charge in [-0.25, -0.2) is 4.52 Å². The highest BCUT2D eigenvalue weighted by Crippen LogP contribution is 2.32. The number of hydrogen-bond donors (Lipinski definition) is 1. The molecule has 1 aliphatic heterocycles. The Balaban J connectivity index is 1.40. The second-order valence-electron chi connectivity index (χ2n) is 7.73. The van der Waals surface area contributed by atoms with E-state index in [9.17, 15) is 14.9 Å². The van der Waals surface area contributed by atoms with E-state index in [1.165, 1.54) is 17.4 Å². The largest absolute Gasteiger partial charge is 0.366 e. The molecule has 1 saturated heterocycles. The zero-order valence-corrected chi connectivity index (χ0v) is 18.1. The quantitative estimate of drug-likeness (QED) is 0.355. The third-order valence-corrected chi connectivity index (χ3v) is 6.35. The number of aryl methyl sites for hydroxylation is 1. The van der Waals surface area contributed by atoms with E-state index in [-0.39, 0.29) is 17.2 Å². The van der Waals surface area contributed by atoms with Crippen LogP contribution in [0.5, 0.6) is 0 Å². The standard InChI is InChI=1S/C22H20N6O3S/c1-14-4-6-15(7-5-14)19-13-32-22-24-21(25-27(19)22)23-20(29)16-8-9-17(18(12-16)28(30)31)26-10-2-3-11-26/h4-9,12-13H,2-3,10-11H2,1H3,(H,23,25,29). The van der Waals surface area contributed by atoms with E-state index in [0.717, 1.165) is 42.8 Å². The Bertz CT molecular complexity index is 1320. The van der Waals surface area contributed by atoms with E-state index in [4.69, 9.17) is 0 Å². The van der Waals surface area contributed by atoms with Gasteiger partial charge in [0.2, 0.25) is 4.96 Å². The van der Waals surface area contributed by atoms with Crippen LogP contribution in [0.3, 0.4) is 0 Å². The van der Waals surface area contributed by atoms with Gasteiger partial charge >= 0.3 is 0 Å². The highest BCUT2D eigenvalue weighted by Gasteiger charge is 2.24. The number of aromatic nitrogens is 3. The van der Waals surface area contributed by atoms with Crippen LogP contribution in [-0.2, 0) is 0 Å². The van der Waals surface area contributed by atoms with Crippen LogP contribution in [0.15, 0.2) is 47.8 Å². The third-order valence-electron chi connectivity index (χ3n) is 5.54. The summed E-state index contributed by atoms with van der Waals surface area (Å²) >= 11 is 1.42. The lowest BCUT2D eigenvalue weighted by atomic mass is 10.1. The lowest BCUT2D eigenvalue weighted by Crippen LogP contribution is -2.20. The van der Waals surface area contributed by atoms with E-state index in [2.05, 4.69) is 15.4 Å². The average molecular weight is 449 g/mol. The molecule has 9 nitrogen and oxygen atoms in total. The van der Waals surface area contributed by atoms with Gasteiger partial charge < -0.3 is 4.90 Å². The normalized spacial score (nSPS) is 13.6. The molecule has 2 aromatic carbocycles. The molecule has 0 radical (unpaired) electrons. The first-order valence-corrected chi connectivity index (χ1v) is 11.1. The van der Waals surface area contributed by atoms with E-state index in [0.29, 0.717) is 10.6 Å². The summed E-state index contributed by atoms with van der Waals surface area (Å²) in [6.07, 6.45) is 2.01. The molecular weight excluding hydrogens is 428 g/mol. The van der Waals surface area contributed by atoms with Crippen LogP contribution >= 0.6 is 11.3 Å². The van der Waals surface area contributed by atoms with Crippen LogP contribution in [0.4, 0.5) is 17.3 Å². The molecule has 0 saturated carbocycles. The zero-order valence-electron chi connectivity index (χ0n) is 17.3. The fourth-order valence-corrected chi connectivity index (χ4v) is 4.70. The molecule has 32 heavy (non-hydrogen) atoms. The molecule has 0 spiro atoms. The predicted octanol–water partition coefficient (Wildman–Crippen LogP) is 4.53. The van der Waals surface area contributed by atoms with Crippen molar-refractivity contribution in [2.75, 3.05) is 23.3 Å². The topological polar surface area (TPSA) is 106 Å². The number of nitro benzene ring substituents is 1. The fraction of sp³-hybridized carbons (Fsp3) is 0.227. The zero-order chi connectivity index (χ0) is 22.2. The number of hydrogen-bond acceptors (Lipinski definition) is 7. The van der Waals surface area contributed by atoms with Crippen LogP contribution in [0.2, 0.25) is 0 Å².